The number of amides is 16. The van der Waals surface area contributed by atoms with E-state index in [1.54, 1.807) is 39.8 Å². The molecule has 1 aromatic rings. The summed E-state index contributed by atoms with van der Waals surface area (Å²) in [6, 6.07) is -2.32. The minimum Gasteiger partial charge on any atom is -0.498 e. The number of fused-ring (bicyclic) bond motifs is 2. The van der Waals surface area contributed by atoms with Gasteiger partial charge in [-0.1, -0.05) is 0 Å². The Kier molecular flexibility index (Phi) is 26.9. The maximum atomic E-state index is 15.7. The van der Waals surface area contributed by atoms with Gasteiger partial charge < -0.3 is 61.5 Å². The summed E-state index contributed by atoms with van der Waals surface area (Å²) >= 11 is 0. The number of benzene rings is 1. The summed E-state index contributed by atoms with van der Waals surface area (Å²) in [5, 5.41) is 25.8. The molecule has 0 bridgehead atoms. The van der Waals surface area contributed by atoms with Gasteiger partial charge in [0.25, 0.3) is 40.5 Å². The highest BCUT2D eigenvalue weighted by Gasteiger charge is 2.81. The lowest BCUT2D eigenvalue weighted by atomic mass is 9.93. The van der Waals surface area contributed by atoms with Crippen molar-refractivity contribution in [2.75, 3.05) is 207 Å². The van der Waals surface area contributed by atoms with Crippen molar-refractivity contribution in [2.45, 2.75) is 152 Å². The molecular formula is C74H118N24O24S4. The lowest BCUT2D eigenvalue weighted by molar-refractivity contribution is -0.0867. The van der Waals surface area contributed by atoms with E-state index < -0.39 is 199 Å². The molecule has 0 unspecified atom stereocenters. The van der Waals surface area contributed by atoms with Gasteiger partial charge in [-0.15, -0.1) is 0 Å². The first kappa shape index (κ1) is 92.1. The summed E-state index contributed by atoms with van der Waals surface area (Å²) in [4.78, 5) is 148. The van der Waals surface area contributed by atoms with Crippen molar-refractivity contribution in [3.8, 4) is 11.5 Å². The number of rotatable bonds is 24. The van der Waals surface area contributed by atoms with E-state index >= 15 is 38.4 Å². The maximum Gasteiger partial charge on any atom is 0.326 e. The van der Waals surface area contributed by atoms with Crippen LogP contribution in [0.3, 0.4) is 0 Å². The molecule has 126 heavy (non-hydrogen) atoms. The number of ether oxygens (including phenoxy) is 4. The zero-order valence-corrected chi connectivity index (χ0v) is 74.6. The molecule has 18 aliphatic rings. The summed E-state index contributed by atoms with van der Waals surface area (Å²) in [6.45, 7) is 20.8. The van der Waals surface area contributed by atoms with Crippen LogP contribution in [0, 0.1) is 0 Å². The lowest BCUT2D eigenvalue weighted by Gasteiger charge is -2.49. The van der Waals surface area contributed by atoms with E-state index in [0.29, 0.717) is 33.8 Å². The molecule has 16 saturated heterocycles. The predicted octanol–water partition coefficient (Wildman–Crippen LogP) is -1.95. The van der Waals surface area contributed by atoms with E-state index in [9.17, 15) is 51.9 Å². The molecule has 48 nitrogen and oxygen atoms in total. The van der Waals surface area contributed by atoms with Crippen LogP contribution in [0.5, 0.6) is 11.5 Å². The van der Waals surface area contributed by atoms with Gasteiger partial charge in [0.1, 0.15) is 63.0 Å². The normalized spacial score (nSPS) is 28.8. The van der Waals surface area contributed by atoms with Crippen LogP contribution in [0.1, 0.15) is 103 Å². The Morgan fingerprint density at radius 3 is 0.722 bits per heavy atom. The van der Waals surface area contributed by atoms with Crippen molar-refractivity contribution >= 4 is 88.7 Å². The average Bonchev–Trinajstić information content (AvgIpc) is 1.49. The number of unbranched alkanes of at least 4 members (excludes halogenated alkanes) is 4. The monoisotopic (exact) mass is 1850 g/mol. The predicted molar refractivity (Wildman–Crippen MR) is 446 cm³/mol. The fourth-order valence-electron chi connectivity index (χ4n) is 20.2. The summed E-state index contributed by atoms with van der Waals surface area (Å²) in [5.41, 5.74) is -4.83. The second kappa shape index (κ2) is 36.7. The summed E-state index contributed by atoms with van der Waals surface area (Å²) < 4.78 is 155. The first-order valence-corrected chi connectivity index (χ1v) is 49.6. The molecular weight excluding hydrogens is 1740 g/mol. The maximum absolute atomic E-state index is 15.7. The van der Waals surface area contributed by atoms with Crippen molar-refractivity contribution in [3.05, 3.63) is 45.9 Å². The zero-order chi connectivity index (χ0) is 89.8. The number of nitrogens with zero attached hydrogens (tertiary/aromatic N) is 16. The van der Waals surface area contributed by atoms with E-state index in [1.165, 1.54) is 78.4 Å². The minimum atomic E-state index is -4.28. The van der Waals surface area contributed by atoms with Crippen LogP contribution in [-0.4, -0.2) is 433 Å². The highest BCUT2D eigenvalue weighted by Crippen LogP contribution is 2.60. The Bertz CT molecular complexity index is 4540. The number of carbonyl (C=O) groups is 8. The number of urea groups is 8. The van der Waals surface area contributed by atoms with Gasteiger partial charge in [0.15, 0.2) is 47.3 Å². The number of hydrogen-bond donors (Lipinski definition) is 12. The van der Waals surface area contributed by atoms with Crippen LogP contribution < -0.4 is 52.0 Å². The molecule has 1 aliphatic carbocycles. The molecule has 12 N–H and O–H groups in total. The minimum absolute atomic E-state index is 0.0108. The van der Waals surface area contributed by atoms with Crippen LogP contribution in [0.4, 0.5) is 38.4 Å². The van der Waals surface area contributed by atoms with Crippen molar-refractivity contribution in [1.29, 1.82) is 0 Å². The molecule has 0 saturated carbocycles. The third-order valence-corrected chi connectivity index (χ3v) is 30.2. The van der Waals surface area contributed by atoms with Gasteiger partial charge >= 0.3 is 48.2 Å². The van der Waals surface area contributed by atoms with Crippen molar-refractivity contribution in [2.24, 2.45) is 0 Å². The fourth-order valence-corrected chi connectivity index (χ4v) is 22.4. The number of piperazine rings is 4. The third-order valence-electron chi connectivity index (χ3n) is 27.0. The van der Waals surface area contributed by atoms with Crippen LogP contribution >= 0.6 is 0 Å². The fraction of sp³-hybridized carbons (Fsp3) is 0.757. The average molecular weight is 1860 g/mol. The first-order valence-electron chi connectivity index (χ1n) is 43.2. The molecule has 0 radical (unpaired) electrons. The van der Waals surface area contributed by atoms with Crippen molar-refractivity contribution < 1.29 is 109 Å². The van der Waals surface area contributed by atoms with Crippen LogP contribution in [0.2, 0.25) is 0 Å². The van der Waals surface area contributed by atoms with Crippen LogP contribution in [0.15, 0.2) is 34.8 Å². The number of allylic oxidation sites excluding steroid dienone is 2. The number of hydrogen-bond acceptors (Lipinski definition) is 28. The second-order valence-electron chi connectivity index (χ2n) is 34.4. The first-order chi connectivity index (χ1) is 59.9. The van der Waals surface area contributed by atoms with Crippen molar-refractivity contribution in [1.82, 2.24) is 121 Å². The van der Waals surface area contributed by atoms with Crippen LogP contribution in [0.25, 0.3) is 0 Å². The topological polar surface area (TPSA) is 539 Å². The summed E-state index contributed by atoms with van der Waals surface area (Å²) in [5.74, 6) is -0.729. The van der Waals surface area contributed by atoms with Gasteiger partial charge in [-0.2, -0.15) is 33.7 Å². The Morgan fingerprint density at radius 1 is 0.294 bits per heavy atom. The van der Waals surface area contributed by atoms with Crippen LogP contribution in [-0.2, 0) is 63.0 Å². The molecule has 17 aliphatic heterocycles. The molecule has 702 valence electrons. The molecule has 0 atom stereocenters. The van der Waals surface area contributed by atoms with Crippen molar-refractivity contribution in [3.63, 3.8) is 0 Å². The largest absolute Gasteiger partial charge is 0.498 e. The van der Waals surface area contributed by atoms with E-state index in [2.05, 4.69) is 42.5 Å². The Morgan fingerprint density at radius 2 is 0.500 bits per heavy atom. The molecule has 0 spiro atoms. The zero-order valence-electron chi connectivity index (χ0n) is 71.3. The Labute approximate surface area is 732 Å². The van der Waals surface area contributed by atoms with E-state index in [-0.39, 0.29) is 128 Å². The molecule has 52 heteroatoms. The molecule has 0 aromatic heterocycles. The molecule has 19 rings (SSSR count). The Hall–Kier alpha value is -8.62. The third kappa shape index (κ3) is 17.3. The second-order valence-corrected chi connectivity index (χ2v) is 40.6. The molecule has 16 fully saturated rings. The van der Waals surface area contributed by atoms with E-state index in [0.717, 1.165) is 105 Å². The quantitative estimate of drug-likeness (QED) is 0.0395. The molecule has 1 aromatic carbocycles. The van der Waals surface area contributed by atoms with Gasteiger partial charge in [0, 0.05) is 140 Å². The number of carbonyl (C=O) groups excluding carboxylic acids is 8. The smallest absolute Gasteiger partial charge is 0.326 e. The van der Waals surface area contributed by atoms with Gasteiger partial charge in [0.05, 0.1) is 75.6 Å². The summed E-state index contributed by atoms with van der Waals surface area (Å²) in [6.07, 6.45) is -3.60. The van der Waals surface area contributed by atoms with Gasteiger partial charge in [0.2, 0.25) is 0 Å². The Balaban J connectivity index is 0.000000440. The highest BCUT2D eigenvalue weighted by molar-refractivity contribution is 7.86. The van der Waals surface area contributed by atoms with Gasteiger partial charge in [-0.05, 0) is 91.2 Å². The van der Waals surface area contributed by atoms with Gasteiger partial charge in [-0.25, -0.2) is 38.4 Å². The lowest BCUT2D eigenvalue weighted by Crippen LogP contribution is -2.69. The van der Waals surface area contributed by atoms with Gasteiger partial charge in [-0.3, -0.25) is 96.6 Å². The summed E-state index contributed by atoms with van der Waals surface area (Å²) in [7, 11) is -17.1. The van der Waals surface area contributed by atoms with E-state index in [1.807, 2.05) is 0 Å². The molecule has 17 heterocycles. The SMILES string of the molecule is C1CNCCN1.C1CNCCN1.C1CNCCN1.C1CNCCN1.CC12N3CC4=C(OCCCCS(=O)(=O)O)CCC(OCCCCS(=O)(=O)O)=C4CN1C(=O)N1CN4C(=O)N5CN6C(=O)N7CN8C(=O)N9Cc%10c(OCCCCS(=O)(=O)O)ccc(OCCCCS(=O)(=O)O)c%10CN%10C(=O)N(CN%11C(=O)N(CN%12C(=O)N(CN(C3=O)C12C)C4C%125)C6C%117)C8(C)C%109C. The number of nitrogens with one attached hydrogen (secondary N) is 8. The van der Waals surface area contributed by atoms with E-state index in [4.69, 9.17) is 18.9 Å². The standard InChI is InChI=1S/C58H78N16O24S4.4C4H10N2/c1-55-57(3)71-31-63-45-43-59(47(63)75)29-61-44-46-65(49(61)77)33-73-53(81)69-27-37-38(42(98-20-8-12-24-102(92,93)94)16-15-41(37)97-19-7-11-23-101(89,90)91)28-70-54(82)74(58(73,4)56(69,70)2)34-66(46)50(78)62(44)30-60(43)48(76)64(45)32-72(57)52(80)68(55)26-36-35(25-67(55)51(71)79)39(95-17-5-9-21-99(83,84)85)13-14-40(36)96-18-6-10-22-100(86,87)88;4*1-2-6-4-3-5-1/h13-14,43-46H,5-12,15-34H2,1-4H3,(H,83,84,85)(H,86,87,88)(H,89,90,91)(H,92,93,94);4*5-6H,1-4H2. The molecule has 16 amide bonds. The highest BCUT2D eigenvalue weighted by atomic mass is 32.2.